The van der Waals surface area contributed by atoms with E-state index in [0.717, 1.165) is 44.2 Å². The van der Waals surface area contributed by atoms with Gasteiger partial charge in [0, 0.05) is 34.1 Å². The van der Waals surface area contributed by atoms with Crippen molar-refractivity contribution < 1.29 is 0 Å². The third-order valence-corrected chi connectivity index (χ3v) is 14.5. The predicted octanol–water partition coefficient (Wildman–Crippen LogP) is 17.4. The van der Waals surface area contributed by atoms with Crippen LogP contribution in [0.15, 0.2) is 230 Å². The minimum Gasteiger partial charge on any atom is -0.310 e. The molecule has 1 aliphatic carbocycles. The van der Waals surface area contributed by atoms with Crippen LogP contribution >= 0.6 is 0 Å². The highest BCUT2D eigenvalue weighted by atomic mass is 15.2. The standard InChI is InChI=1S/C64H48N2/c1-2-21-48(22-3-1)63-55-38-36-52(66-61-30-12-7-19-46(61)34-35-47-20-8-13-31-62(47)66)42-58(55)64(50-25-14-24-49(40-50)54-27-15-23-43-16-4-9-26-53(43)54)56-39-37-51(41-57(56)63)65-59-28-10-5-17-44(59)32-33-45-18-6-11-29-60(45)65/h1-5,7-17,19-31,36-42H,6,18,32-35H2. The second-order valence-corrected chi connectivity index (χ2v) is 18.2. The number of rotatable bonds is 5. The van der Waals surface area contributed by atoms with Crippen LogP contribution < -0.4 is 9.80 Å². The number of anilines is 5. The third kappa shape index (κ3) is 6.39. The Kier molecular flexibility index (Phi) is 9.30. The summed E-state index contributed by atoms with van der Waals surface area (Å²) in [6.45, 7) is 0. The number of hydrogen-bond acceptors (Lipinski definition) is 2. The van der Waals surface area contributed by atoms with Gasteiger partial charge in [-0.2, -0.15) is 0 Å². The molecule has 2 aliphatic heterocycles. The Bertz CT molecular complexity index is 3560. The second kappa shape index (κ2) is 15.9. The van der Waals surface area contributed by atoms with Crippen LogP contribution in [0.1, 0.15) is 36.0 Å². The summed E-state index contributed by atoms with van der Waals surface area (Å²) >= 11 is 0. The first-order valence-corrected chi connectivity index (χ1v) is 23.7. The monoisotopic (exact) mass is 844 g/mol. The van der Waals surface area contributed by atoms with Gasteiger partial charge in [-0.15, -0.1) is 0 Å². The van der Waals surface area contributed by atoms with Gasteiger partial charge in [-0.3, -0.25) is 0 Å². The Morgan fingerprint density at radius 2 is 0.864 bits per heavy atom. The van der Waals surface area contributed by atoms with Crippen molar-refractivity contribution in [1.29, 1.82) is 0 Å². The molecule has 0 fully saturated rings. The van der Waals surface area contributed by atoms with Crippen LogP contribution in [0.2, 0.25) is 0 Å². The second-order valence-electron chi connectivity index (χ2n) is 18.2. The summed E-state index contributed by atoms with van der Waals surface area (Å²) in [7, 11) is 0. The number of hydrogen-bond donors (Lipinski definition) is 0. The van der Waals surface area contributed by atoms with Gasteiger partial charge in [0.05, 0.1) is 0 Å². The molecule has 13 rings (SSSR count). The van der Waals surface area contributed by atoms with Gasteiger partial charge in [-0.25, -0.2) is 0 Å². The first-order valence-electron chi connectivity index (χ1n) is 23.7. The summed E-state index contributed by atoms with van der Waals surface area (Å²) < 4.78 is 0. The summed E-state index contributed by atoms with van der Waals surface area (Å²) in [6, 6.07) is 77.5. The van der Waals surface area contributed by atoms with Crippen LogP contribution in [-0.4, -0.2) is 0 Å². The average molecular weight is 845 g/mol. The van der Waals surface area contributed by atoms with Crippen LogP contribution in [0.5, 0.6) is 0 Å². The molecule has 0 N–H and O–H groups in total. The van der Waals surface area contributed by atoms with Crippen LogP contribution in [0, 0.1) is 0 Å². The number of fused-ring (bicyclic) bond motifs is 6. The van der Waals surface area contributed by atoms with E-state index in [0.29, 0.717) is 0 Å². The summed E-state index contributed by atoms with van der Waals surface area (Å²) in [4.78, 5) is 5.08. The fourth-order valence-electron chi connectivity index (χ4n) is 11.4. The first kappa shape index (κ1) is 38.5. The maximum atomic E-state index is 2.56. The van der Waals surface area contributed by atoms with Crippen molar-refractivity contribution in [3.8, 4) is 33.4 Å². The van der Waals surface area contributed by atoms with Crippen LogP contribution in [0.3, 0.4) is 0 Å². The van der Waals surface area contributed by atoms with Crippen molar-refractivity contribution in [2.24, 2.45) is 0 Å². The molecule has 0 saturated carbocycles. The summed E-state index contributed by atoms with van der Waals surface area (Å²) in [5.41, 5.74) is 20.5. The van der Waals surface area contributed by atoms with Crippen molar-refractivity contribution in [2.45, 2.75) is 38.5 Å². The quantitative estimate of drug-likeness (QED) is 0.159. The highest BCUT2D eigenvalue weighted by molar-refractivity contribution is 6.23. The molecule has 0 unspecified atom stereocenters. The first-order chi connectivity index (χ1) is 32.7. The van der Waals surface area contributed by atoms with Crippen LogP contribution in [0.25, 0.3) is 65.7 Å². The molecule has 0 spiro atoms. The molecule has 2 heteroatoms. The zero-order valence-corrected chi connectivity index (χ0v) is 36.9. The van der Waals surface area contributed by atoms with E-state index in [1.165, 1.54) is 111 Å². The van der Waals surface area contributed by atoms with Gasteiger partial charge in [-0.05, 0) is 181 Å². The summed E-state index contributed by atoms with van der Waals surface area (Å²) in [5, 5.41) is 7.48. The van der Waals surface area contributed by atoms with Gasteiger partial charge in [0.1, 0.15) is 0 Å². The fraction of sp³-hybridized carbons (Fsp3) is 0.0938. The van der Waals surface area contributed by atoms with Crippen LogP contribution in [0.4, 0.5) is 28.4 Å². The Morgan fingerprint density at radius 1 is 0.333 bits per heavy atom. The SMILES string of the molecule is C1=CC2=C(CC1)CCc1ccccc1N2c1ccc2c(-c3cccc(-c4cccc5ccccc45)c3)c3cc(N4c5ccccc5CCc5ccccc54)ccc3c(-c3ccccc3)c2c1. The van der Waals surface area contributed by atoms with E-state index in [9.17, 15) is 0 Å². The number of allylic oxidation sites excluding steroid dienone is 3. The van der Waals surface area contributed by atoms with Crippen molar-refractivity contribution in [1.82, 2.24) is 0 Å². The van der Waals surface area contributed by atoms with E-state index in [4.69, 9.17) is 0 Å². The van der Waals surface area contributed by atoms with Gasteiger partial charge in [0.2, 0.25) is 0 Å². The molecule has 0 amide bonds. The molecule has 0 radical (unpaired) electrons. The topological polar surface area (TPSA) is 6.48 Å². The van der Waals surface area contributed by atoms with E-state index in [1.54, 1.807) is 5.57 Å². The molecule has 2 heterocycles. The highest BCUT2D eigenvalue weighted by Gasteiger charge is 2.28. The van der Waals surface area contributed by atoms with E-state index >= 15 is 0 Å². The minimum absolute atomic E-state index is 1.00. The number of benzene rings is 10. The molecular weight excluding hydrogens is 797 g/mol. The molecular formula is C64H48N2. The predicted molar refractivity (Wildman–Crippen MR) is 280 cm³/mol. The molecule has 0 bridgehead atoms. The summed E-state index contributed by atoms with van der Waals surface area (Å²) in [6.07, 6.45) is 11.1. The van der Waals surface area contributed by atoms with Gasteiger partial charge >= 0.3 is 0 Å². The Labute approximate surface area is 387 Å². The maximum Gasteiger partial charge on any atom is 0.0493 e. The van der Waals surface area contributed by atoms with Crippen molar-refractivity contribution in [3.05, 3.63) is 246 Å². The average Bonchev–Trinajstić information content (AvgIpc) is 3.66. The van der Waals surface area contributed by atoms with E-state index < -0.39 is 0 Å². The van der Waals surface area contributed by atoms with Gasteiger partial charge in [0.25, 0.3) is 0 Å². The zero-order chi connectivity index (χ0) is 43.6. The molecule has 66 heavy (non-hydrogen) atoms. The number of nitrogens with zero attached hydrogens (tertiary/aromatic N) is 2. The minimum atomic E-state index is 1.00. The molecule has 0 aromatic heterocycles. The van der Waals surface area contributed by atoms with Crippen LogP contribution in [-0.2, 0) is 19.3 Å². The molecule has 10 aromatic carbocycles. The van der Waals surface area contributed by atoms with E-state index in [2.05, 4.69) is 228 Å². The van der Waals surface area contributed by atoms with Gasteiger partial charge in [-0.1, -0.05) is 164 Å². The molecule has 0 saturated heterocycles. The number of para-hydroxylation sites is 3. The van der Waals surface area contributed by atoms with E-state index in [1.807, 2.05) is 0 Å². The lowest BCUT2D eigenvalue weighted by Gasteiger charge is -2.30. The lowest BCUT2D eigenvalue weighted by molar-refractivity contribution is 0.833. The van der Waals surface area contributed by atoms with E-state index in [-0.39, 0.29) is 0 Å². The fourth-order valence-corrected chi connectivity index (χ4v) is 11.4. The lowest BCUT2D eigenvalue weighted by atomic mass is 9.84. The third-order valence-electron chi connectivity index (χ3n) is 14.5. The van der Waals surface area contributed by atoms with Gasteiger partial charge in [0.15, 0.2) is 0 Å². The maximum absolute atomic E-state index is 2.56. The Balaban J connectivity index is 1.13. The largest absolute Gasteiger partial charge is 0.310 e. The molecule has 3 aliphatic rings. The van der Waals surface area contributed by atoms with Crippen molar-refractivity contribution in [2.75, 3.05) is 9.80 Å². The summed E-state index contributed by atoms with van der Waals surface area (Å²) in [5.74, 6) is 0. The normalized spacial score (nSPS) is 14.4. The van der Waals surface area contributed by atoms with Crippen molar-refractivity contribution >= 4 is 60.8 Å². The Hall–Kier alpha value is -7.94. The molecule has 314 valence electrons. The highest BCUT2D eigenvalue weighted by Crippen LogP contribution is 2.50. The van der Waals surface area contributed by atoms with Crippen molar-refractivity contribution in [3.63, 3.8) is 0 Å². The lowest BCUT2D eigenvalue weighted by Crippen LogP contribution is -2.18. The smallest absolute Gasteiger partial charge is 0.0493 e. The zero-order valence-electron chi connectivity index (χ0n) is 36.9. The number of aryl methyl sites for hydroxylation is 3. The van der Waals surface area contributed by atoms with Gasteiger partial charge < -0.3 is 9.80 Å². The Morgan fingerprint density at radius 3 is 1.58 bits per heavy atom. The molecule has 2 nitrogen and oxygen atoms in total. The molecule has 0 atom stereocenters. The molecule has 10 aromatic rings.